The molecule has 0 radical (unpaired) electrons. The van der Waals surface area contributed by atoms with E-state index in [0.29, 0.717) is 42.7 Å². The first-order valence-electron chi connectivity index (χ1n) is 11.5. The minimum absolute atomic E-state index is 0.404. The second kappa shape index (κ2) is 9.83. The Hall–Kier alpha value is -4.17. The molecular weight excluding hydrogens is 462 g/mol. The van der Waals surface area contributed by atoms with E-state index in [4.69, 9.17) is 28.1 Å². The Labute approximate surface area is 208 Å². The van der Waals surface area contributed by atoms with Crippen molar-refractivity contribution in [2.24, 2.45) is 0 Å². The molecule has 0 spiro atoms. The highest BCUT2D eigenvalue weighted by Crippen LogP contribution is 2.38. The van der Waals surface area contributed by atoms with Crippen LogP contribution >= 0.6 is 0 Å². The predicted octanol–water partition coefficient (Wildman–Crippen LogP) is 3.43. The molecule has 1 N–H and O–H groups in total. The molecule has 1 aromatic heterocycles. The van der Waals surface area contributed by atoms with E-state index in [9.17, 15) is 4.79 Å². The zero-order valence-corrected chi connectivity index (χ0v) is 20.7. The lowest BCUT2D eigenvalue weighted by Gasteiger charge is -2.27. The molecule has 1 aliphatic rings. The molecule has 1 aliphatic heterocycles. The van der Waals surface area contributed by atoms with Crippen molar-refractivity contribution in [1.82, 2.24) is 0 Å². The van der Waals surface area contributed by atoms with E-state index < -0.39 is 5.63 Å². The van der Waals surface area contributed by atoms with Crippen LogP contribution in [0.5, 0.6) is 28.7 Å². The van der Waals surface area contributed by atoms with E-state index in [-0.39, 0.29) is 0 Å². The first-order chi connectivity index (χ1) is 17.5. The fraction of sp³-hybridized carbons (Fsp3) is 0.250. The van der Waals surface area contributed by atoms with Crippen LogP contribution in [-0.2, 0) is 13.1 Å². The van der Waals surface area contributed by atoms with Crippen molar-refractivity contribution < 1.29 is 33.0 Å². The van der Waals surface area contributed by atoms with Gasteiger partial charge in [0.25, 0.3) is 0 Å². The van der Waals surface area contributed by atoms with Crippen LogP contribution in [0, 0.1) is 0 Å². The van der Waals surface area contributed by atoms with Gasteiger partial charge < -0.3 is 28.1 Å². The number of methoxy groups -OCH3 is 4. The summed E-state index contributed by atoms with van der Waals surface area (Å²) in [4.78, 5) is 13.7. The minimum atomic E-state index is -0.404. The van der Waals surface area contributed by atoms with Crippen molar-refractivity contribution in [1.29, 1.82) is 0 Å². The highest BCUT2D eigenvalue weighted by molar-refractivity contribution is 5.95. The SMILES string of the molecule is COc1ccc(-c2cc(=O)oc3c4c(ccc23)OC[NH+](Cc2cc(OC)c(OC)c(OC)c2)C4)cc1. The Morgan fingerprint density at radius 1 is 0.861 bits per heavy atom. The molecule has 0 fully saturated rings. The van der Waals surface area contributed by atoms with Crippen LogP contribution in [0.1, 0.15) is 11.1 Å². The Bertz CT molecular complexity index is 1430. The summed E-state index contributed by atoms with van der Waals surface area (Å²) in [6, 6.07) is 16.9. The van der Waals surface area contributed by atoms with E-state index >= 15 is 0 Å². The Morgan fingerprint density at radius 3 is 2.22 bits per heavy atom. The smallest absolute Gasteiger partial charge is 0.336 e. The van der Waals surface area contributed by atoms with Crippen molar-refractivity contribution in [2.45, 2.75) is 13.1 Å². The summed E-state index contributed by atoms with van der Waals surface area (Å²) in [6.45, 7) is 1.74. The number of rotatable bonds is 7. The molecule has 1 atom stereocenters. The third kappa shape index (κ3) is 4.31. The second-order valence-corrected chi connectivity index (χ2v) is 8.55. The predicted molar refractivity (Wildman–Crippen MR) is 134 cm³/mol. The highest BCUT2D eigenvalue weighted by Gasteiger charge is 2.26. The summed E-state index contributed by atoms with van der Waals surface area (Å²) in [5, 5.41) is 0.858. The third-order valence-corrected chi connectivity index (χ3v) is 6.41. The fourth-order valence-electron chi connectivity index (χ4n) is 4.70. The monoisotopic (exact) mass is 490 g/mol. The average molecular weight is 491 g/mol. The van der Waals surface area contributed by atoms with E-state index in [1.54, 1.807) is 28.4 Å². The molecule has 0 saturated heterocycles. The van der Waals surface area contributed by atoms with E-state index in [0.717, 1.165) is 44.0 Å². The molecule has 2 heterocycles. The molecule has 0 saturated carbocycles. The number of ether oxygens (including phenoxy) is 5. The summed E-state index contributed by atoms with van der Waals surface area (Å²) in [7, 11) is 6.41. The third-order valence-electron chi connectivity index (χ3n) is 6.41. The number of hydrogen-bond donors (Lipinski definition) is 1. The minimum Gasteiger partial charge on any atom is -0.497 e. The Balaban J connectivity index is 1.51. The van der Waals surface area contributed by atoms with Gasteiger partial charge in [0.15, 0.2) is 17.1 Å². The number of nitrogens with one attached hydrogen (secondary N) is 1. The first kappa shape index (κ1) is 23.6. The maximum atomic E-state index is 12.6. The molecule has 0 bridgehead atoms. The van der Waals surface area contributed by atoms with Gasteiger partial charge in [0.1, 0.15) is 24.6 Å². The quantitative estimate of drug-likeness (QED) is 0.398. The van der Waals surface area contributed by atoms with Gasteiger partial charge in [-0.05, 0) is 47.5 Å². The standard InChI is InChI=1S/C28H27NO7/c1-31-19-7-5-18(6-8-19)21-13-26(30)36-27-20(21)9-10-23-22(27)15-29(16-35-23)14-17-11-24(32-2)28(34-4)25(12-17)33-3/h5-13H,14-16H2,1-4H3/p+1. The van der Waals surface area contributed by atoms with E-state index in [2.05, 4.69) is 0 Å². The van der Waals surface area contributed by atoms with E-state index in [1.807, 2.05) is 48.5 Å². The van der Waals surface area contributed by atoms with Gasteiger partial charge in [-0.2, -0.15) is 0 Å². The molecule has 0 amide bonds. The van der Waals surface area contributed by atoms with Crippen molar-refractivity contribution >= 4 is 11.0 Å². The van der Waals surface area contributed by atoms with Crippen LogP contribution in [-0.4, -0.2) is 35.2 Å². The lowest BCUT2D eigenvalue weighted by Crippen LogP contribution is -3.10. The number of benzene rings is 3. The molecule has 186 valence electrons. The maximum absolute atomic E-state index is 12.6. The Kier molecular flexibility index (Phi) is 6.43. The molecule has 8 nitrogen and oxygen atoms in total. The van der Waals surface area contributed by atoms with Gasteiger partial charge in [-0.15, -0.1) is 0 Å². The zero-order chi connectivity index (χ0) is 25.2. The summed E-state index contributed by atoms with van der Waals surface area (Å²) in [6.07, 6.45) is 0. The molecular formula is C28H28NO7+. The summed E-state index contributed by atoms with van der Waals surface area (Å²) >= 11 is 0. The lowest BCUT2D eigenvalue weighted by atomic mass is 9.99. The van der Waals surface area contributed by atoms with Crippen LogP contribution in [0.2, 0.25) is 0 Å². The normalized spacial score (nSPS) is 14.6. The lowest BCUT2D eigenvalue weighted by molar-refractivity contribution is -0.945. The number of quaternary nitrogens is 1. The van der Waals surface area contributed by atoms with Gasteiger partial charge in [-0.1, -0.05) is 12.1 Å². The molecule has 3 aromatic carbocycles. The van der Waals surface area contributed by atoms with Crippen LogP contribution in [0.25, 0.3) is 22.1 Å². The summed E-state index contributed by atoms with van der Waals surface area (Å²) in [5.74, 6) is 3.24. The van der Waals surface area contributed by atoms with Gasteiger partial charge in [-0.25, -0.2) is 4.79 Å². The van der Waals surface area contributed by atoms with Gasteiger partial charge in [0, 0.05) is 17.0 Å². The van der Waals surface area contributed by atoms with Crippen LogP contribution in [0.15, 0.2) is 63.8 Å². The molecule has 5 rings (SSSR count). The molecule has 1 unspecified atom stereocenters. The zero-order valence-electron chi connectivity index (χ0n) is 20.7. The van der Waals surface area contributed by atoms with Gasteiger partial charge >= 0.3 is 5.63 Å². The molecule has 36 heavy (non-hydrogen) atoms. The van der Waals surface area contributed by atoms with Gasteiger partial charge in [0.2, 0.25) is 12.5 Å². The number of hydrogen-bond acceptors (Lipinski definition) is 7. The first-order valence-corrected chi connectivity index (χ1v) is 11.5. The molecule has 0 aliphatic carbocycles. The molecule has 4 aromatic rings. The summed E-state index contributed by atoms with van der Waals surface area (Å²) in [5.41, 5.74) is 3.74. The largest absolute Gasteiger partial charge is 0.497 e. The topological polar surface area (TPSA) is 80.8 Å². The van der Waals surface area contributed by atoms with Crippen LogP contribution in [0.3, 0.4) is 0 Å². The van der Waals surface area contributed by atoms with Crippen LogP contribution < -0.4 is 34.2 Å². The molecule has 8 heteroatoms. The van der Waals surface area contributed by atoms with Crippen molar-refractivity contribution in [3.8, 4) is 39.9 Å². The maximum Gasteiger partial charge on any atom is 0.336 e. The highest BCUT2D eigenvalue weighted by atomic mass is 16.5. The van der Waals surface area contributed by atoms with Crippen LogP contribution in [0.4, 0.5) is 0 Å². The van der Waals surface area contributed by atoms with Gasteiger partial charge in [0.05, 0.1) is 34.0 Å². The number of fused-ring (bicyclic) bond motifs is 3. The van der Waals surface area contributed by atoms with Gasteiger partial charge in [-0.3, -0.25) is 4.90 Å². The summed E-state index contributed by atoms with van der Waals surface area (Å²) < 4.78 is 33.5. The average Bonchev–Trinajstić information content (AvgIpc) is 2.92. The fourth-order valence-corrected chi connectivity index (χ4v) is 4.70. The van der Waals surface area contributed by atoms with E-state index in [1.165, 1.54) is 6.07 Å². The second-order valence-electron chi connectivity index (χ2n) is 8.55. The van der Waals surface area contributed by atoms with Crippen molar-refractivity contribution in [2.75, 3.05) is 35.2 Å². The Morgan fingerprint density at radius 2 is 1.58 bits per heavy atom. The van der Waals surface area contributed by atoms with Crippen molar-refractivity contribution in [3.05, 3.63) is 76.1 Å². The van der Waals surface area contributed by atoms with Crippen molar-refractivity contribution in [3.63, 3.8) is 0 Å².